The molecule has 2 aromatic rings. The van der Waals surface area contributed by atoms with Crippen molar-refractivity contribution in [2.24, 2.45) is 0 Å². The fourth-order valence-electron chi connectivity index (χ4n) is 2.59. The lowest BCUT2D eigenvalue weighted by Crippen LogP contribution is -2.39. The third-order valence-corrected chi connectivity index (χ3v) is 5.53. The molecule has 0 aliphatic rings. The molecule has 2 rings (SSSR count). The molecular weight excluding hydrogens is 385 g/mol. The number of rotatable bonds is 9. The molecule has 0 fully saturated rings. The van der Waals surface area contributed by atoms with Gasteiger partial charge in [0, 0.05) is 19.7 Å². The molecule has 0 aliphatic heterocycles. The quantitative estimate of drug-likeness (QED) is 0.594. The second-order valence-electron chi connectivity index (χ2n) is 6.35. The number of nitrogens with zero attached hydrogens (tertiary/aromatic N) is 1. The van der Waals surface area contributed by atoms with E-state index in [0.717, 1.165) is 36.2 Å². The molecule has 0 aromatic heterocycles. The van der Waals surface area contributed by atoms with Gasteiger partial charge in [-0.2, -0.15) is 8.42 Å². The van der Waals surface area contributed by atoms with Gasteiger partial charge in [0.1, 0.15) is 23.1 Å². The van der Waals surface area contributed by atoms with E-state index in [2.05, 4.69) is 0 Å². The Balaban J connectivity index is 2.20. The molecule has 0 radical (unpaired) electrons. The molecule has 2 aromatic carbocycles. The Labute approximate surface area is 165 Å². The molecule has 6 nitrogen and oxygen atoms in total. The molecule has 0 saturated carbocycles. The number of hydrogen-bond donors (Lipinski definition) is 0. The van der Waals surface area contributed by atoms with E-state index in [9.17, 15) is 17.6 Å². The van der Waals surface area contributed by atoms with E-state index in [1.165, 1.54) is 13.2 Å². The first-order valence-corrected chi connectivity index (χ1v) is 10.2. The third-order valence-electron chi connectivity index (χ3n) is 4.27. The maximum atomic E-state index is 13.0. The molecule has 0 heterocycles. The van der Waals surface area contributed by atoms with Crippen LogP contribution in [0.1, 0.15) is 25.8 Å². The van der Waals surface area contributed by atoms with Gasteiger partial charge in [0.25, 0.3) is 0 Å². The van der Waals surface area contributed by atoms with Crippen LogP contribution in [-0.4, -0.2) is 39.0 Å². The first-order valence-electron chi connectivity index (χ1n) is 8.84. The average Bonchev–Trinajstić information content (AvgIpc) is 2.66. The van der Waals surface area contributed by atoms with Crippen LogP contribution in [-0.2, 0) is 26.2 Å². The summed E-state index contributed by atoms with van der Waals surface area (Å²) in [5.41, 5.74) is 0.719. The monoisotopic (exact) mass is 409 g/mol. The largest absolute Gasteiger partial charge is 0.379 e. The van der Waals surface area contributed by atoms with E-state index in [-0.39, 0.29) is 29.2 Å². The highest BCUT2D eigenvalue weighted by molar-refractivity contribution is 7.87. The van der Waals surface area contributed by atoms with Crippen LogP contribution in [0.5, 0.6) is 5.75 Å². The number of benzene rings is 2. The number of carbonyl (C=O) groups is 1. The summed E-state index contributed by atoms with van der Waals surface area (Å²) in [7, 11) is -2.63. The second kappa shape index (κ2) is 9.66. The Morgan fingerprint density at radius 1 is 1.18 bits per heavy atom. The van der Waals surface area contributed by atoms with Crippen molar-refractivity contribution in [2.75, 3.05) is 13.7 Å². The highest BCUT2D eigenvalue weighted by atomic mass is 32.2. The van der Waals surface area contributed by atoms with E-state index in [4.69, 9.17) is 8.92 Å². The van der Waals surface area contributed by atoms with Crippen LogP contribution in [0.15, 0.2) is 53.4 Å². The van der Waals surface area contributed by atoms with E-state index in [0.29, 0.717) is 6.54 Å². The van der Waals surface area contributed by atoms with Crippen LogP contribution in [0.4, 0.5) is 4.39 Å². The standard InChI is InChI=1S/C20H24FNO5S/c1-4-15(2)22(20(23)14-26-3)13-16-6-5-7-18(12-16)27-28(24,25)19-10-8-17(21)9-11-19/h5-12,15H,4,13-14H2,1-3H3/t15-/m1/s1. The van der Waals surface area contributed by atoms with E-state index in [1.54, 1.807) is 23.1 Å². The summed E-state index contributed by atoms with van der Waals surface area (Å²) in [6.45, 7) is 4.18. The Morgan fingerprint density at radius 3 is 2.46 bits per heavy atom. The van der Waals surface area contributed by atoms with Gasteiger partial charge in [-0.05, 0) is 55.3 Å². The Bertz CT molecular complexity index is 899. The molecule has 1 atom stereocenters. The van der Waals surface area contributed by atoms with Gasteiger partial charge >= 0.3 is 10.1 Å². The molecule has 28 heavy (non-hydrogen) atoms. The number of carbonyl (C=O) groups excluding carboxylic acids is 1. The lowest BCUT2D eigenvalue weighted by atomic mass is 10.1. The highest BCUT2D eigenvalue weighted by Crippen LogP contribution is 2.21. The zero-order chi connectivity index (χ0) is 20.7. The topological polar surface area (TPSA) is 72.9 Å². The molecule has 1 amide bonds. The molecule has 0 spiro atoms. The number of amides is 1. The van der Waals surface area contributed by atoms with E-state index in [1.807, 2.05) is 13.8 Å². The zero-order valence-corrected chi connectivity index (χ0v) is 16.9. The lowest BCUT2D eigenvalue weighted by Gasteiger charge is -2.28. The minimum absolute atomic E-state index is 0.00447. The van der Waals surface area contributed by atoms with Crippen molar-refractivity contribution in [3.8, 4) is 5.75 Å². The summed E-state index contributed by atoms with van der Waals surface area (Å²) in [6, 6.07) is 10.9. The first kappa shape index (κ1) is 21.8. The van der Waals surface area contributed by atoms with Crippen LogP contribution >= 0.6 is 0 Å². The van der Waals surface area contributed by atoms with Crippen LogP contribution in [0.3, 0.4) is 0 Å². The molecule has 0 unspecified atom stereocenters. The maximum absolute atomic E-state index is 13.0. The number of hydrogen-bond acceptors (Lipinski definition) is 5. The minimum atomic E-state index is -4.09. The SMILES string of the molecule is CC[C@@H](C)N(Cc1cccc(OS(=O)(=O)c2ccc(F)cc2)c1)C(=O)COC. The molecule has 0 bridgehead atoms. The highest BCUT2D eigenvalue weighted by Gasteiger charge is 2.20. The summed E-state index contributed by atoms with van der Waals surface area (Å²) in [4.78, 5) is 13.9. The Hall–Kier alpha value is -2.45. The van der Waals surface area contributed by atoms with Crippen molar-refractivity contribution in [3.05, 3.63) is 59.9 Å². The van der Waals surface area contributed by atoms with Crippen molar-refractivity contribution in [2.45, 2.75) is 37.8 Å². The van der Waals surface area contributed by atoms with Gasteiger partial charge in [-0.15, -0.1) is 0 Å². The second-order valence-corrected chi connectivity index (χ2v) is 7.90. The summed E-state index contributed by atoms with van der Waals surface area (Å²) in [5.74, 6) is -0.570. The summed E-state index contributed by atoms with van der Waals surface area (Å²) in [6.07, 6.45) is 0.768. The number of methoxy groups -OCH3 is 1. The van der Waals surface area contributed by atoms with Gasteiger partial charge in [0.2, 0.25) is 5.91 Å². The zero-order valence-electron chi connectivity index (χ0n) is 16.1. The fourth-order valence-corrected chi connectivity index (χ4v) is 3.51. The first-order chi connectivity index (χ1) is 13.3. The van der Waals surface area contributed by atoms with Crippen LogP contribution in [0, 0.1) is 5.82 Å². The maximum Gasteiger partial charge on any atom is 0.339 e. The Morgan fingerprint density at radius 2 is 1.86 bits per heavy atom. The molecule has 0 saturated heterocycles. The van der Waals surface area contributed by atoms with Crippen LogP contribution < -0.4 is 4.18 Å². The van der Waals surface area contributed by atoms with Crippen molar-refractivity contribution < 1.29 is 26.5 Å². The van der Waals surface area contributed by atoms with Gasteiger partial charge in [-0.25, -0.2) is 4.39 Å². The van der Waals surface area contributed by atoms with Crippen molar-refractivity contribution in [3.63, 3.8) is 0 Å². The van der Waals surface area contributed by atoms with Gasteiger partial charge in [0.15, 0.2) is 0 Å². The third kappa shape index (κ3) is 5.77. The predicted octanol–water partition coefficient (Wildman–Crippen LogP) is 3.37. The molecule has 0 aliphatic carbocycles. The summed E-state index contributed by atoms with van der Waals surface area (Å²) < 4.78 is 47.9. The van der Waals surface area contributed by atoms with Gasteiger partial charge in [-0.1, -0.05) is 19.1 Å². The van der Waals surface area contributed by atoms with E-state index >= 15 is 0 Å². The smallest absolute Gasteiger partial charge is 0.339 e. The van der Waals surface area contributed by atoms with Gasteiger partial charge in [-0.3, -0.25) is 4.79 Å². The number of ether oxygens (including phenoxy) is 1. The van der Waals surface area contributed by atoms with Gasteiger partial charge < -0.3 is 13.8 Å². The van der Waals surface area contributed by atoms with Crippen LogP contribution in [0.2, 0.25) is 0 Å². The average molecular weight is 409 g/mol. The molecule has 0 N–H and O–H groups in total. The minimum Gasteiger partial charge on any atom is -0.379 e. The Kier molecular flexibility index (Phi) is 7.53. The van der Waals surface area contributed by atoms with Gasteiger partial charge in [0.05, 0.1) is 0 Å². The molecule has 8 heteroatoms. The normalized spacial score (nSPS) is 12.4. The number of halogens is 1. The fraction of sp³-hybridized carbons (Fsp3) is 0.350. The van der Waals surface area contributed by atoms with Crippen molar-refractivity contribution in [1.29, 1.82) is 0 Å². The summed E-state index contributed by atoms with van der Waals surface area (Å²) >= 11 is 0. The summed E-state index contributed by atoms with van der Waals surface area (Å²) in [5, 5.41) is 0. The van der Waals surface area contributed by atoms with Crippen LogP contribution in [0.25, 0.3) is 0 Å². The molecule has 152 valence electrons. The van der Waals surface area contributed by atoms with Crippen molar-refractivity contribution in [1.82, 2.24) is 4.90 Å². The van der Waals surface area contributed by atoms with E-state index < -0.39 is 15.9 Å². The lowest BCUT2D eigenvalue weighted by molar-refractivity contribution is -0.138. The van der Waals surface area contributed by atoms with Crippen molar-refractivity contribution >= 4 is 16.0 Å². The molecular formula is C20H24FNO5S. The predicted molar refractivity (Wildman–Crippen MR) is 103 cm³/mol.